The number of thiophene rings is 1. The Labute approximate surface area is 182 Å². The molecular weight excluding hydrogens is 400 g/mol. The van der Waals surface area contributed by atoms with Crippen LogP contribution in [-0.2, 0) is 17.6 Å². The highest BCUT2D eigenvalue weighted by atomic mass is 32.1. The quantitative estimate of drug-likeness (QED) is 0.728. The van der Waals surface area contributed by atoms with Crippen LogP contribution in [-0.4, -0.2) is 80.0 Å². The van der Waals surface area contributed by atoms with Crippen molar-refractivity contribution in [2.75, 3.05) is 53.1 Å². The number of nitrogens with zero attached hydrogens (tertiary/aromatic N) is 4. The summed E-state index contributed by atoms with van der Waals surface area (Å²) in [5.74, 6) is -0.0537. The van der Waals surface area contributed by atoms with Crippen LogP contribution in [0.4, 0.5) is 9.80 Å². The summed E-state index contributed by atoms with van der Waals surface area (Å²) in [6, 6.07) is 2.27. The lowest BCUT2D eigenvalue weighted by Crippen LogP contribution is -2.55. The van der Waals surface area contributed by atoms with Crippen LogP contribution in [0.1, 0.15) is 29.3 Å². The summed E-state index contributed by atoms with van der Waals surface area (Å²) in [5, 5.41) is 12.9. The highest BCUT2D eigenvalue weighted by Gasteiger charge is 2.42. The zero-order chi connectivity index (χ0) is 22.0. The molecule has 0 radical (unpaired) electrons. The van der Waals surface area contributed by atoms with Crippen LogP contribution in [0, 0.1) is 23.2 Å². The number of fused-ring (bicyclic) bond motifs is 2. The van der Waals surface area contributed by atoms with E-state index in [0.717, 1.165) is 31.4 Å². The molecule has 3 amide bonds. The predicted molar refractivity (Wildman–Crippen MR) is 118 cm³/mol. The normalized spacial score (nSPS) is 23.4. The summed E-state index contributed by atoms with van der Waals surface area (Å²) in [7, 11) is 5.94. The topological polar surface area (TPSA) is 106 Å². The Kier molecular flexibility index (Phi) is 7.01. The highest BCUT2D eigenvalue weighted by molar-refractivity contribution is 7.16. The molecule has 1 aromatic heterocycles. The standard InChI is InChI=1S/C21H32N6O2S/c1-5-27(21(29)24-6-7-25(2)3)20(28)14-8-13-9-15-16(11-22)19(23)30-18(15)10-17(13)26(4)12-14/h13-14,17H,5-10,12,23H2,1-4H3,(H,24,29)/t13-,14-,17?/m1/s1. The maximum atomic E-state index is 13.2. The molecule has 1 fully saturated rings. The summed E-state index contributed by atoms with van der Waals surface area (Å²) >= 11 is 1.53. The first-order chi connectivity index (χ1) is 14.3. The highest BCUT2D eigenvalue weighted by Crippen LogP contribution is 2.42. The molecule has 1 aromatic rings. The van der Waals surface area contributed by atoms with Gasteiger partial charge in [0.05, 0.1) is 11.5 Å². The van der Waals surface area contributed by atoms with Crippen molar-refractivity contribution in [1.29, 1.82) is 5.26 Å². The molecule has 8 nitrogen and oxygen atoms in total. The number of rotatable bonds is 5. The van der Waals surface area contributed by atoms with Gasteiger partial charge in [0, 0.05) is 37.1 Å². The van der Waals surface area contributed by atoms with Gasteiger partial charge in [0.2, 0.25) is 5.91 Å². The maximum Gasteiger partial charge on any atom is 0.324 e. The first kappa shape index (κ1) is 22.5. The van der Waals surface area contributed by atoms with Gasteiger partial charge in [-0.25, -0.2) is 4.79 Å². The third-order valence-electron chi connectivity index (χ3n) is 6.31. The monoisotopic (exact) mass is 432 g/mol. The molecule has 30 heavy (non-hydrogen) atoms. The van der Waals surface area contributed by atoms with Crippen LogP contribution in [0.5, 0.6) is 0 Å². The maximum absolute atomic E-state index is 13.2. The molecule has 2 heterocycles. The van der Waals surface area contributed by atoms with E-state index in [9.17, 15) is 14.9 Å². The van der Waals surface area contributed by atoms with Gasteiger partial charge in [0.1, 0.15) is 11.1 Å². The fourth-order valence-corrected chi connectivity index (χ4v) is 5.85. The van der Waals surface area contributed by atoms with Crippen molar-refractivity contribution in [2.24, 2.45) is 11.8 Å². The van der Waals surface area contributed by atoms with Gasteiger partial charge >= 0.3 is 6.03 Å². The predicted octanol–water partition coefficient (Wildman–Crippen LogP) is 1.36. The van der Waals surface area contributed by atoms with Crippen molar-refractivity contribution in [3.05, 3.63) is 16.0 Å². The lowest BCUT2D eigenvalue weighted by Gasteiger charge is -2.45. The summed E-state index contributed by atoms with van der Waals surface area (Å²) in [6.45, 7) is 4.05. The first-order valence-corrected chi connectivity index (χ1v) is 11.3. The molecule has 0 aromatic carbocycles. The van der Waals surface area contributed by atoms with E-state index in [1.165, 1.54) is 21.1 Å². The van der Waals surface area contributed by atoms with Gasteiger partial charge in [0.15, 0.2) is 0 Å². The molecule has 1 aliphatic carbocycles. The third-order valence-corrected chi connectivity index (χ3v) is 7.39. The number of carbonyl (C=O) groups is 2. The minimum absolute atomic E-state index is 0.110. The molecule has 3 N–H and O–H groups in total. The summed E-state index contributed by atoms with van der Waals surface area (Å²) in [4.78, 5) is 32.6. The number of carbonyl (C=O) groups excluding carboxylic acids is 2. The number of nitrogens with one attached hydrogen (secondary N) is 1. The molecular formula is C21H32N6O2S. The van der Waals surface area contributed by atoms with Crippen molar-refractivity contribution in [1.82, 2.24) is 20.0 Å². The minimum Gasteiger partial charge on any atom is -0.389 e. The van der Waals surface area contributed by atoms with Crippen molar-refractivity contribution in [2.45, 2.75) is 32.2 Å². The molecule has 3 atom stereocenters. The Morgan fingerprint density at radius 1 is 1.37 bits per heavy atom. The number of nitrogen functional groups attached to an aromatic ring is 1. The fourth-order valence-electron chi connectivity index (χ4n) is 4.75. The first-order valence-electron chi connectivity index (χ1n) is 10.5. The number of imide groups is 1. The number of nitriles is 1. The van der Waals surface area contributed by atoms with Crippen LogP contribution in [0.3, 0.4) is 0 Å². The minimum atomic E-state index is -0.322. The van der Waals surface area contributed by atoms with Gasteiger partial charge < -0.3 is 20.9 Å². The van der Waals surface area contributed by atoms with Crippen molar-refractivity contribution < 1.29 is 9.59 Å². The molecule has 1 unspecified atom stereocenters. The average molecular weight is 433 g/mol. The zero-order valence-electron chi connectivity index (χ0n) is 18.3. The van der Waals surface area contributed by atoms with E-state index in [1.807, 2.05) is 25.9 Å². The summed E-state index contributed by atoms with van der Waals surface area (Å²) in [6.07, 6.45) is 2.37. The Morgan fingerprint density at radius 3 is 2.73 bits per heavy atom. The van der Waals surface area contributed by atoms with E-state index in [2.05, 4.69) is 23.3 Å². The number of nitrogens with two attached hydrogens (primary N) is 1. The second-order valence-electron chi connectivity index (χ2n) is 8.58. The summed E-state index contributed by atoms with van der Waals surface area (Å²) in [5.41, 5.74) is 7.73. The van der Waals surface area contributed by atoms with Crippen molar-refractivity contribution >= 4 is 28.3 Å². The van der Waals surface area contributed by atoms with Gasteiger partial charge in [-0.05, 0) is 58.8 Å². The number of hydrogen-bond acceptors (Lipinski definition) is 7. The number of piperidine rings is 1. The Hall–Kier alpha value is -2.15. The van der Waals surface area contributed by atoms with E-state index in [0.29, 0.717) is 36.2 Å². The third kappa shape index (κ3) is 4.46. The van der Waals surface area contributed by atoms with Gasteiger partial charge in [-0.15, -0.1) is 11.3 Å². The largest absolute Gasteiger partial charge is 0.389 e. The lowest BCUT2D eigenvalue weighted by atomic mass is 9.74. The van der Waals surface area contributed by atoms with Crippen LogP contribution < -0.4 is 11.1 Å². The molecule has 0 spiro atoms. The fraction of sp³-hybridized carbons (Fsp3) is 0.667. The second kappa shape index (κ2) is 9.33. The van der Waals surface area contributed by atoms with Crippen LogP contribution in [0.15, 0.2) is 0 Å². The van der Waals surface area contributed by atoms with E-state index in [1.54, 1.807) is 0 Å². The smallest absolute Gasteiger partial charge is 0.324 e. The molecule has 3 rings (SSSR count). The molecule has 0 bridgehead atoms. The molecule has 2 aliphatic rings. The molecule has 9 heteroatoms. The molecule has 1 saturated heterocycles. The number of urea groups is 1. The Bertz CT molecular complexity index is 845. The van der Waals surface area contributed by atoms with Gasteiger partial charge in [-0.1, -0.05) is 0 Å². The average Bonchev–Trinajstić information content (AvgIpc) is 3.00. The van der Waals surface area contributed by atoms with E-state index < -0.39 is 0 Å². The molecule has 164 valence electrons. The number of likely N-dealkylation sites (tertiary alicyclic amines) is 1. The number of anilines is 1. The lowest BCUT2D eigenvalue weighted by molar-refractivity contribution is -0.135. The molecule has 0 saturated carbocycles. The van der Waals surface area contributed by atoms with Crippen LogP contribution in [0.25, 0.3) is 0 Å². The number of amides is 3. The van der Waals surface area contributed by atoms with E-state index in [-0.39, 0.29) is 23.8 Å². The summed E-state index contributed by atoms with van der Waals surface area (Å²) < 4.78 is 0. The second-order valence-corrected chi connectivity index (χ2v) is 9.72. The van der Waals surface area contributed by atoms with Gasteiger partial charge in [-0.2, -0.15) is 5.26 Å². The van der Waals surface area contributed by atoms with Crippen molar-refractivity contribution in [3.63, 3.8) is 0 Å². The molecule has 1 aliphatic heterocycles. The van der Waals surface area contributed by atoms with Crippen LogP contribution in [0.2, 0.25) is 0 Å². The van der Waals surface area contributed by atoms with Crippen LogP contribution >= 0.6 is 11.3 Å². The van der Waals surface area contributed by atoms with Crippen molar-refractivity contribution in [3.8, 4) is 6.07 Å². The van der Waals surface area contributed by atoms with E-state index >= 15 is 0 Å². The SMILES string of the molecule is CCN(C(=O)NCCN(C)C)C(=O)[C@@H]1C[C@@H]2Cc3c(sc(N)c3C#N)CC2N(C)C1. The number of hydrogen-bond donors (Lipinski definition) is 2. The Balaban J connectivity index is 1.70. The van der Waals surface area contributed by atoms with E-state index in [4.69, 9.17) is 5.73 Å². The van der Waals surface area contributed by atoms with Gasteiger partial charge in [0.25, 0.3) is 0 Å². The number of likely N-dealkylation sites (N-methyl/N-ethyl adjacent to an activating group) is 2. The Morgan fingerprint density at radius 2 is 2.10 bits per heavy atom. The zero-order valence-corrected chi connectivity index (χ0v) is 19.1. The van der Waals surface area contributed by atoms with Gasteiger partial charge in [-0.3, -0.25) is 9.69 Å².